The Morgan fingerprint density at radius 1 is 1.18 bits per heavy atom. The molecule has 1 heterocycles. The third-order valence-electron chi connectivity index (χ3n) is 4.26. The first-order valence-corrected chi connectivity index (χ1v) is 9.39. The summed E-state index contributed by atoms with van der Waals surface area (Å²) in [5, 5.41) is 27.9. The number of carbonyl (C=O) groups is 2. The summed E-state index contributed by atoms with van der Waals surface area (Å²) >= 11 is 0. The van der Waals surface area contributed by atoms with Gasteiger partial charge in [-0.05, 0) is 49.5 Å². The normalized spacial score (nSPS) is 14.5. The Morgan fingerprint density at radius 3 is 2.14 bits per heavy atom. The van der Waals surface area contributed by atoms with Crippen molar-refractivity contribution in [2.24, 2.45) is 5.92 Å². The standard InChI is InChI=1S/C17H25N3.C4H4O4/c1-14(2)12-20(17-7-9-19-10-8-17)13-16-5-3-15(11-18)4-6-16;5-3(6)1-2-4(7)8/h3-6,14,17,19H,7-10,12-13H2,1-2H3;1-2H,(H,5,6)(H,7,8). The van der Waals surface area contributed by atoms with E-state index in [0.717, 1.165) is 31.7 Å². The van der Waals surface area contributed by atoms with Crippen LogP contribution in [0.2, 0.25) is 0 Å². The van der Waals surface area contributed by atoms with Gasteiger partial charge in [0.05, 0.1) is 11.6 Å². The van der Waals surface area contributed by atoms with Crippen LogP contribution in [0.5, 0.6) is 0 Å². The van der Waals surface area contributed by atoms with E-state index in [4.69, 9.17) is 15.5 Å². The molecule has 1 fully saturated rings. The monoisotopic (exact) mass is 387 g/mol. The lowest BCUT2D eigenvalue weighted by Crippen LogP contribution is -2.44. The minimum absolute atomic E-state index is 0.558. The zero-order chi connectivity index (χ0) is 20.9. The van der Waals surface area contributed by atoms with E-state index in [2.05, 4.69) is 42.3 Å². The average Bonchev–Trinajstić information content (AvgIpc) is 2.67. The van der Waals surface area contributed by atoms with Gasteiger partial charge in [-0.3, -0.25) is 4.90 Å². The average molecular weight is 387 g/mol. The van der Waals surface area contributed by atoms with Gasteiger partial charge in [0.15, 0.2) is 0 Å². The van der Waals surface area contributed by atoms with Gasteiger partial charge in [0, 0.05) is 31.3 Å². The van der Waals surface area contributed by atoms with Gasteiger partial charge in [0.25, 0.3) is 0 Å². The number of aliphatic carboxylic acids is 2. The molecule has 28 heavy (non-hydrogen) atoms. The van der Waals surface area contributed by atoms with Crippen LogP contribution in [0.15, 0.2) is 36.4 Å². The summed E-state index contributed by atoms with van der Waals surface area (Å²) in [4.78, 5) is 21.7. The first-order chi connectivity index (χ1) is 13.3. The minimum Gasteiger partial charge on any atom is -0.478 e. The second-order valence-corrected chi connectivity index (χ2v) is 7.12. The van der Waals surface area contributed by atoms with Crippen molar-refractivity contribution < 1.29 is 19.8 Å². The topological polar surface area (TPSA) is 114 Å². The molecule has 0 amide bonds. The zero-order valence-electron chi connectivity index (χ0n) is 16.5. The van der Waals surface area contributed by atoms with E-state index >= 15 is 0 Å². The molecule has 152 valence electrons. The predicted octanol–water partition coefficient (Wildman–Crippen LogP) is 2.48. The lowest BCUT2D eigenvalue weighted by atomic mass is 10.0. The Hall–Kier alpha value is -2.69. The molecule has 0 aromatic heterocycles. The fourth-order valence-electron chi connectivity index (χ4n) is 3.05. The lowest BCUT2D eigenvalue weighted by molar-refractivity contribution is -0.134. The van der Waals surface area contributed by atoms with Crippen molar-refractivity contribution in [3.63, 3.8) is 0 Å². The Balaban J connectivity index is 0.000000416. The second kappa shape index (κ2) is 12.7. The van der Waals surface area contributed by atoms with Gasteiger partial charge in [0.2, 0.25) is 0 Å². The molecule has 3 N–H and O–H groups in total. The Kier molecular flexibility index (Phi) is 10.6. The molecular weight excluding hydrogens is 358 g/mol. The first-order valence-electron chi connectivity index (χ1n) is 9.39. The summed E-state index contributed by atoms with van der Waals surface area (Å²) in [5.41, 5.74) is 2.05. The highest BCUT2D eigenvalue weighted by atomic mass is 16.4. The number of hydrogen-bond acceptors (Lipinski definition) is 5. The van der Waals surface area contributed by atoms with Crippen molar-refractivity contribution in [3.8, 4) is 6.07 Å². The number of nitrogens with zero attached hydrogens (tertiary/aromatic N) is 2. The summed E-state index contributed by atoms with van der Waals surface area (Å²) in [7, 11) is 0. The molecule has 0 unspecified atom stereocenters. The molecule has 7 nitrogen and oxygen atoms in total. The molecule has 1 aromatic rings. The number of piperidine rings is 1. The summed E-state index contributed by atoms with van der Waals surface area (Å²) in [6.07, 6.45) is 3.59. The van der Waals surface area contributed by atoms with Crippen molar-refractivity contribution in [1.29, 1.82) is 5.26 Å². The fourth-order valence-corrected chi connectivity index (χ4v) is 3.05. The molecule has 2 rings (SSSR count). The molecule has 0 radical (unpaired) electrons. The van der Waals surface area contributed by atoms with E-state index in [0.29, 0.717) is 24.1 Å². The highest BCUT2D eigenvalue weighted by molar-refractivity contribution is 5.89. The van der Waals surface area contributed by atoms with Crippen molar-refractivity contribution in [1.82, 2.24) is 10.2 Å². The van der Waals surface area contributed by atoms with Crippen LogP contribution in [0, 0.1) is 17.2 Å². The molecule has 0 aliphatic carbocycles. The number of carboxylic acid groups (broad SMARTS) is 2. The van der Waals surface area contributed by atoms with Gasteiger partial charge in [-0.15, -0.1) is 0 Å². The molecule has 1 aliphatic heterocycles. The lowest BCUT2D eigenvalue weighted by Gasteiger charge is -2.35. The maximum absolute atomic E-state index is 9.55. The SMILES string of the molecule is CC(C)CN(Cc1ccc(C#N)cc1)C1CCNCC1.O=C(O)C=CC(=O)O. The highest BCUT2D eigenvalue weighted by Crippen LogP contribution is 2.17. The predicted molar refractivity (Wildman–Crippen MR) is 107 cm³/mol. The van der Waals surface area contributed by atoms with E-state index in [1.165, 1.54) is 18.4 Å². The van der Waals surface area contributed by atoms with Crippen LogP contribution in [-0.2, 0) is 16.1 Å². The van der Waals surface area contributed by atoms with Crippen molar-refractivity contribution in [2.45, 2.75) is 39.3 Å². The van der Waals surface area contributed by atoms with Gasteiger partial charge in [-0.1, -0.05) is 26.0 Å². The number of nitriles is 1. The largest absolute Gasteiger partial charge is 0.478 e. The van der Waals surface area contributed by atoms with Crippen LogP contribution in [0.1, 0.15) is 37.8 Å². The maximum atomic E-state index is 9.55. The summed E-state index contributed by atoms with van der Waals surface area (Å²) < 4.78 is 0. The zero-order valence-corrected chi connectivity index (χ0v) is 16.5. The summed E-state index contributed by atoms with van der Waals surface area (Å²) in [6.45, 7) is 8.97. The van der Waals surface area contributed by atoms with Crippen LogP contribution in [-0.4, -0.2) is 52.7 Å². The molecule has 1 saturated heterocycles. The molecule has 0 saturated carbocycles. The third kappa shape index (κ3) is 9.86. The number of carboxylic acids is 2. The Bertz CT molecular complexity index is 671. The van der Waals surface area contributed by atoms with E-state index in [-0.39, 0.29) is 0 Å². The molecular formula is C21H29N3O4. The van der Waals surface area contributed by atoms with Crippen molar-refractivity contribution >= 4 is 11.9 Å². The fraction of sp³-hybridized carbons (Fsp3) is 0.476. The van der Waals surface area contributed by atoms with Crippen LogP contribution < -0.4 is 5.32 Å². The maximum Gasteiger partial charge on any atom is 0.328 e. The van der Waals surface area contributed by atoms with Crippen LogP contribution >= 0.6 is 0 Å². The van der Waals surface area contributed by atoms with Gasteiger partial charge in [-0.2, -0.15) is 5.26 Å². The van der Waals surface area contributed by atoms with Crippen LogP contribution in [0.3, 0.4) is 0 Å². The number of rotatable bonds is 7. The number of benzene rings is 1. The van der Waals surface area contributed by atoms with Crippen molar-refractivity contribution in [3.05, 3.63) is 47.5 Å². The smallest absolute Gasteiger partial charge is 0.328 e. The first kappa shape index (κ1) is 23.3. The summed E-state index contributed by atoms with van der Waals surface area (Å²) in [6, 6.07) is 10.9. The van der Waals surface area contributed by atoms with Gasteiger partial charge in [-0.25, -0.2) is 9.59 Å². The highest BCUT2D eigenvalue weighted by Gasteiger charge is 2.21. The number of nitrogens with one attached hydrogen (secondary N) is 1. The molecule has 7 heteroatoms. The Morgan fingerprint density at radius 2 is 1.71 bits per heavy atom. The van der Waals surface area contributed by atoms with Crippen LogP contribution in [0.4, 0.5) is 0 Å². The quantitative estimate of drug-likeness (QED) is 0.616. The van der Waals surface area contributed by atoms with E-state index in [1.807, 2.05) is 12.1 Å². The third-order valence-corrected chi connectivity index (χ3v) is 4.26. The van der Waals surface area contributed by atoms with Gasteiger partial charge < -0.3 is 15.5 Å². The number of hydrogen-bond donors (Lipinski definition) is 3. The van der Waals surface area contributed by atoms with Gasteiger partial charge >= 0.3 is 11.9 Å². The summed E-state index contributed by atoms with van der Waals surface area (Å²) in [5.74, 6) is -1.83. The van der Waals surface area contributed by atoms with Crippen LogP contribution in [0.25, 0.3) is 0 Å². The van der Waals surface area contributed by atoms with Gasteiger partial charge in [0.1, 0.15) is 0 Å². The second-order valence-electron chi connectivity index (χ2n) is 7.12. The van der Waals surface area contributed by atoms with E-state index in [1.54, 1.807) is 0 Å². The molecule has 0 bridgehead atoms. The molecule has 0 atom stereocenters. The minimum atomic E-state index is -1.26. The van der Waals surface area contributed by atoms with E-state index < -0.39 is 11.9 Å². The molecule has 0 spiro atoms. The molecule has 1 aliphatic rings. The molecule has 1 aromatic carbocycles. The van der Waals surface area contributed by atoms with Crippen molar-refractivity contribution in [2.75, 3.05) is 19.6 Å². The van der Waals surface area contributed by atoms with E-state index in [9.17, 15) is 9.59 Å². The Labute approximate surface area is 166 Å².